The number of hydrogen-bond acceptors (Lipinski definition) is 2. The van der Waals surface area contributed by atoms with Gasteiger partial charge in [0.2, 0.25) is 0 Å². The maximum atomic E-state index is 12.1. The van der Waals surface area contributed by atoms with Crippen LogP contribution in [0.1, 0.15) is 19.3 Å². The fourth-order valence-corrected chi connectivity index (χ4v) is 4.11. The third-order valence-electron chi connectivity index (χ3n) is 4.62. The molecule has 2 bridgehead atoms. The molecule has 0 aliphatic heterocycles. The molecule has 21 heavy (non-hydrogen) atoms. The Morgan fingerprint density at radius 1 is 1.19 bits per heavy atom. The van der Waals surface area contributed by atoms with Crippen LogP contribution in [0.5, 0.6) is 0 Å². The second kappa shape index (κ2) is 5.67. The van der Waals surface area contributed by atoms with Crippen LogP contribution in [0.4, 0.5) is 10.5 Å². The first-order valence-corrected chi connectivity index (χ1v) is 7.90. The molecular weight excluding hydrogens is 336 g/mol. The Morgan fingerprint density at radius 2 is 1.90 bits per heavy atom. The standard InChI is InChI=1S/C15H17BrN2O3/c16-10-3-1-2-4-11(10)17-15(21)18-13-9-6-5-8(7-9)12(13)14(19)20/h1-4,8-9,12-13H,5-7H2,(H,19,20)(H2,17,18,21). The molecule has 1 aromatic carbocycles. The number of aliphatic carboxylic acids is 1. The van der Waals surface area contributed by atoms with Crippen LogP contribution in [-0.2, 0) is 4.79 Å². The summed E-state index contributed by atoms with van der Waals surface area (Å²) in [4.78, 5) is 23.5. The van der Waals surface area contributed by atoms with Crippen molar-refractivity contribution in [2.24, 2.45) is 17.8 Å². The van der Waals surface area contributed by atoms with E-state index in [9.17, 15) is 14.7 Å². The average Bonchev–Trinajstić information content (AvgIpc) is 3.02. The van der Waals surface area contributed by atoms with Crippen LogP contribution in [0.2, 0.25) is 0 Å². The molecule has 3 N–H and O–H groups in total. The van der Waals surface area contributed by atoms with Gasteiger partial charge in [-0.25, -0.2) is 4.79 Å². The zero-order valence-electron chi connectivity index (χ0n) is 11.4. The minimum atomic E-state index is -0.798. The quantitative estimate of drug-likeness (QED) is 0.782. The van der Waals surface area contributed by atoms with Crippen molar-refractivity contribution in [2.45, 2.75) is 25.3 Å². The first-order valence-electron chi connectivity index (χ1n) is 7.11. The zero-order chi connectivity index (χ0) is 15.0. The maximum Gasteiger partial charge on any atom is 0.319 e. The number of rotatable bonds is 3. The van der Waals surface area contributed by atoms with Gasteiger partial charge < -0.3 is 15.7 Å². The zero-order valence-corrected chi connectivity index (χ0v) is 13.0. The Labute approximate surface area is 131 Å². The molecule has 2 aliphatic rings. The van der Waals surface area contributed by atoms with Crippen LogP contribution in [0.3, 0.4) is 0 Å². The molecule has 2 amide bonds. The van der Waals surface area contributed by atoms with E-state index in [2.05, 4.69) is 26.6 Å². The van der Waals surface area contributed by atoms with E-state index in [1.807, 2.05) is 18.2 Å². The van der Waals surface area contributed by atoms with Crippen molar-refractivity contribution < 1.29 is 14.7 Å². The van der Waals surface area contributed by atoms with Gasteiger partial charge in [0, 0.05) is 10.5 Å². The van der Waals surface area contributed by atoms with Gasteiger partial charge in [-0.05, 0) is 59.2 Å². The number of anilines is 1. The molecule has 4 atom stereocenters. The Hall–Kier alpha value is -1.56. The summed E-state index contributed by atoms with van der Waals surface area (Å²) >= 11 is 3.37. The lowest BCUT2D eigenvalue weighted by atomic mass is 9.84. The summed E-state index contributed by atoms with van der Waals surface area (Å²) in [5, 5.41) is 15.0. The third kappa shape index (κ3) is 2.77. The molecule has 6 heteroatoms. The van der Waals surface area contributed by atoms with Gasteiger partial charge in [-0.3, -0.25) is 4.79 Å². The second-order valence-corrected chi connectivity index (χ2v) is 6.66. The number of carbonyl (C=O) groups excluding carboxylic acids is 1. The van der Waals surface area contributed by atoms with Gasteiger partial charge in [0.25, 0.3) is 0 Å². The summed E-state index contributed by atoms with van der Waals surface area (Å²) < 4.78 is 0.794. The van der Waals surface area contributed by atoms with Gasteiger partial charge >= 0.3 is 12.0 Å². The van der Waals surface area contributed by atoms with E-state index in [4.69, 9.17) is 0 Å². The summed E-state index contributed by atoms with van der Waals surface area (Å²) in [5.74, 6) is -0.746. The highest BCUT2D eigenvalue weighted by molar-refractivity contribution is 9.10. The Kier molecular flexibility index (Phi) is 3.89. The van der Waals surface area contributed by atoms with Gasteiger partial charge in [0.15, 0.2) is 0 Å². The summed E-state index contributed by atoms with van der Waals surface area (Å²) in [6, 6.07) is 6.72. The molecule has 2 fully saturated rings. The van der Waals surface area contributed by atoms with E-state index in [0.29, 0.717) is 11.6 Å². The van der Waals surface area contributed by atoms with E-state index in [1.165, 1.54) is 0 Å². The molecule has 4 unspecified atom stereocenters. The molecule has 112 valence electrons. The van der Waals surface area contributed by atoms with Crippen LogP contribution in [0.25, 0.3) is 0 Å². The van der Waals surface area contributed by atoms with Crippen LogP contribution in [-0.4, -0.2) is 23.1 Å². The topological polar surface area (TPSA) is 78.4 Å². The minimum Gasteiger partial charge on any atom is -0.481 e. The SMILES string of the molecule is O=C(Nc1ccccc1Br)NC1C2CCC(C2)C1C(=O)O. The number of carboxylic acid groups (broad SMARTS) is 1. The fraction of sp³-hybridized carbons (Fsp3) is 0.467. The van der Waals surface area contributed by atoms with E-state index in [1.54, 1.807) is 6.07 Å². The molecule has 0 saturated heterocycles. The maximum absolute atomic E-state index is 12.1. The van der Waals surface area contributed by atoms with Crippen molar-refractivity contribution in [1.82, 2.24) is 5.32 Å². The summed E-state index contributed by atoms with van der Waals surface area (Å²) in [6.45, 7) is 0. The predicted octanol–water partition coefficient (Wildman–Crippen LogP) is 3.07. The Morgan fingerprint density at radius 3 is 2.62 bits per heavy atom. The third-order valence-corrected chi connectivity index (χ3v) is 5.31. The van der Waals surface area contributed by atoms with Gasteiger partial charge in [-0.15, -0.1) is 0 Å². The number of benzene rings is 1. The van der Waals surface area contributed by atoms with Crippen molar-refractivity contribution in [3.8, 4) is 0 Å². The van der Waals surface area contributed by atoms with Crippen LogP contribution < -0.4 is 10.6 Å². The highest BCUT2D eigenvalue weighted by Gasteiger charge is 2.51. The van der Waals surface area contributed by atoms with Crippen molar-refractivity contribution >= 4 is 33.6 Å². The fourth-order valence-electron chi connectivity index (χ4n) is 3.73. The summed E-state index contributed by atoms with van der Waals surface area (Å²) in [7, 11) is 0. The van der Waals surface area contributed by atoms with Crippen molar-refractivity contribution in [3.63, 3.8) is 0 Å². The van der Waals surface area contributed by atoms with E-state index in [-0.39, 0.29) is 18.0 Å². The van der Waals surface area contributed by atoms with Gasteiger partial charge in [-0.2, -0.15) is 0 Å². The number of halogens is 1. The monoisotopic (exact) mass is 352 g/mol. The summed E-state index contributed by atoms with van der Waals surface area (Å²) in [6.07, 6.45) is 2.89. The smallest absolute Gasteiger partial charge is 0.319 e. The number of carbonyl (C=O) groups is 2. The van der Waals surface area contributed by atoms with Gasteiger partial charge in [0.1, 0.15) is 0 Å². The first kappa shape index (κ1) is 14.4. The molecule has 0 spiro atoms. The lowest BCUT2D eigenvalue weighted by Gasteiger charge is -2.28. The number of amides is 2. The van der Waals surface area contributed by atoms with Crippen LogP contribution in [0.15, 0.2) is 28.7 Å². The minimum absolute atomic E-state index is 0.210. The molecule has 3 rings (SSSR count). The number of para-hydroxylation sites is 1. The molecule has 0 radical (unpaired) electrons. The second-order valence-electron chi connectivity index (χ2n) is 5.80. The molecule has 0 aromatic heterocycles. The largest absolute Gasteiger partial charge is 0.481 e. The summed E-state index contributed by atoms with van der Waals surface area (Å²) in [5.41, 5.74) is 0.671. The van der Waals surface area contributed by atoms with Gasteiger partial charge in [0.05, 0.1) is 11.6 Å². The van der Waals surface area contributed by atoms with Gasteiger partial charge in [-0.1, -0.05) is 12.1 Å². The van der Waals surface area contributed by atoms with Crippen molar-refractivity contribution in [3.05, 3.63) is 28.7 Å². The lowest BCUT2D eigenvalue weighted by molar-refractivity contribution is -0.144. The Bertz CT molecular complexity index is 578. The van der Waals surface area contributed by atoms with Crippen molar-refractivity contribution in [1.29, 1.82) is 0 Å². The number of carboxylic acids is 1. The number of nitrogens with one attached hydrogen (secondary N) is 2. The van der Waals surface area contributed by atoms with Crippen LogP contribution in [0, 0.1) is 17.8 Å². The molecule has 5 nitrogen and oxygen atoms in total. The first-order chi connectivity index (χ1) is 10.1. The highest BCUT2D eigenvalue weighted by atomic mass is 79.9. The molecular formula is C15H17BrN2O3. The number of fused-ring (bicyclic) bond motifs is 2. The predicted molar refractivity (Wildman–Crippen MR) is 82.0 cm³/mol. The molecule has 2 aliphatic carbocycles. The van der Waals surface area contributed by atoms with E-state index >= 15 is 0 Å². The van der Waals surface area contributed by atoms with E-state index < -0.39 is 11.9 Å². The highest BCUT2D eigenvalue weighted by Crippen LogP contribution is 2.48. The molecule has 0 heterocycles. The van der Waals surface area contributed by atoms with Crippen LogP contribution >= 0.6 is 15.9 Å². The number of hydrogen-bond donors (Lipinski definition) is 3. The average molecular weight is 353 g/mol. The molecule has 2 saturated carbocycles. The van der Waals surface area contributed by atoms with Crippen molar-refractivity contribution in [2.75, 3.05) is 5.32 Å². The number of urea groups is 1. The normalized spacial score (nSPS) is 30.1. The Balaban J connectivity index is 1.67. The van der Waals surface area contributed by atoms with E-state index in [0.717, 1.165) is 23.7 Å². The lowest BCUT2D eigenvalue weighted by Crippen LogP contribution is -2.48. The molecule has 1 aromatic rings.